The molecule has 0 saturated heterocycles. The third-order valence-electron chi connectivity index (χ3n) is 4.31. The highest BCUT2D eigenvalue weighted by molar-refractivity contribution is 6.74. The zero-order valence-corrected chi connectivity index (χ0v) is 15.1. The maximum Gasteiger partial charge on any atom is 0.250 e. The van der Waals surface area contributed by atoms with Crippen molar-refractivity contribution in [2.45, 2.75) is 45.8 Å². The first kappa shape index (κ1) is 15.8. The highest BCUT2D eigenvalue weighted by Gasteiger charge is 2.39. The lowest BCUT2D eigenvalue weighted by Crippen LogP contribution is -2.44. The first-order chi connectivity index (χ1) is 9.65. The molecule has 0 bridgehead atoms. The van der Waals surface area contributed by atoms with Crippen molar-refractivity contribution in [2.75, 3.05) is 7.11 Å². The summed E-state index contributed by atoms with van der Waals surface area (Å²) >= 11 is 0. The predicted molar refractivity (Wildman–Crippen MR) is 90.9 cm³/mol. The zero-order valence-electron chi connectivity index (χ0n) is 14.1. The summed E-state index contributed by atoms with van der Waals surface area (Å²) in [6, 6.07) is 8.01. The molecule has 0 fully saturated rings. The fourth-order valence-electron chi connectivity index (χ4n) is 1.93. The minimum absolute atomic E-state index is 0.137. The molecule has 0 amide bonds. The summed E-state index contributed by atoms with van der Waals surface area (Å²) in [5.74, 6) is 1.60. The molecule has 2 rings (SSSR count). The van der Waals surface area contributed by atoms with Crippen LogP contribution in [0.25, 0.3) is 10.9 Å². The van der Waals surface area contributed by atoms with Crippen LogP contribution in [-0.4, -0.2) is 20.4 Å². The Kier molecular flexibility index (Phi) is 4.02. The van der Waals surface area contributed by atoms with Gasteiger partial charge in [0.05, 0.1) is 12.6 Å². The van der Waals surface area contributed by atoms with Gasteiger partial charge in [-0.2, -0.15) is 0 Å². The molecular weight excluding hydrogens is 278 g/mol. The number of ether oxygens (including phenoxy) is 1. The first-order valence-electron chi connectivity index (χ1n) is 7.29. The lowest BCUT2D eigenvalue weighted by atomic mass is 10.1. The fourth-order valence-corrected chi connectivity index (χ4v) is 2.96. The van der Waals surface area contributed by atoms with Crippen molar-refractivity contribution in [3.63, 3.8) is 0 Å². The zero-order chi connectivity index (χ0) is 15.8. The Labute approximate surface area is 128 Å². The van der Waals surface area contributed by atoms with E-state index in [0.29, 0.717) is 0 Å². The second-order valence-electron chi connectivity index (χ2n) is 6.98. The van der Waals surface area contributed by atoms with E-state index in [2.05, 4.69) is 44.9 Å². The Morgan fingerprint density at radius 2 is 1.71 bits per heavy atom. The van der Waals surface area contributed by atoms with Crippen LogP contribution >= 0.6 is 0 Å². The van der Waals surface area contributed by atoms with Gasteiger partial charge >= 0.3 is 0 Å². The molecule has 21 heavy (non-hydrogen) atoms. The molecule has 4 heteroatoms. The Balaban J connectivity index is 2.61. The summed E-state index contributed by atoms with van der Waals surface area (Å²) in [4.78, 5) is 4.58. The molecule has 2 aromatic rings. The summed E-state index contributed by atoms with van der Waals surface area (Å²) in [6.07, 6.45) is 0. The van der Waals surface area contributed by atoms with Crippen LogP contribution in [0.2, 0.25) is 18.1 Å². The number of methoxy groups -OCH3 is 1. The maximum absolute atomic E-state index is 6.52. The molecule has 0 spiro atoms. The lowest BCUT2D eigenvalue weighted by Gasteiger charge is -2.37. The molecule has 0 radical (unpaired) electrons. The number of hydrogen-bond donors (Lipinski definition) is 0. The largest absolute Gasteiger partial charge is 0.541 e. The van der Waals surface area contributed by atoms with Gasteiger partial charge in [0.1, 0.15) is 0 Å². The minimum atomic E-state index is -1.93. The lowest BCUT2D eigenvalue weighted by molar-refractivity contribution is 0.388. The minimum Gasteiger partial charge on any atom is -0.541 e. The number of pyridine rings is 1. The van der Waals surface area contributed by atoms with E-state index in [0.717, 1.165) is 28.1 Å². The Morgan fingerprint density at radius 3 is 2.29 bits per heavy atom. The van der Waals surface area contributed by atoms with Crippen LogP contribution in [0, 0.1) is 6.92 Å². The molecule has 0 aliphatic rings. The molecule has 0 unspecified atom stereocenters. The van der Waals surface area contributed by atoms with Crippen LogP contribution in [0.5, 0.6) is 11.5 Å². The monoisotopic (exact) mass is 303 g/mol. The van der Waals surface area contributed by atoms with E-state index in [1.54, 1.807) is 7.11 Å². The normalized spacial score (nSPS) is 12.5. The SMILES string of the molecule is COc1ccc2nc(C)ccc2c1O[Si](C)(C)C(C)(C)C. The van der Waals surface area contributed by atoms with Crippen molar-refractivity contribution in [1.82, 2.24) is 4.98 Å². The molecule has 0 atom stereocenters. The Bertz CT molecular complexity index is 660. The maximum atomic E-state index is 6.52. The number of aromatic nitrogens is 1. The smallest absolute Gasteiger partial charge is 0.250 e. The molecular formula is C17H25NO2Si. The van der Waals surface area contributed by atoms with Crippen LogP contribution in [0.4, 0.5) is 0 Å². The van der Waals surface area contributed by atoms with Crippen molar-refractivity contribution < 1.29 is 9.16 Å². The van der Waals surface area contributed by atoms with Crippen LogP contribution in [-0.2, 0) is 0 Å². The number of rotatable bonds is 3. The summed E-state index contributed by atoms with van der Waals surface area (Å²) in [5.41, 5.74) is 1.95. The fraction of sp³-hybridized carbons (Fsp3) is 0.471. The van der Waals surface area contributed by atoms with E-state index >= 15 is 0 Å². The third kappa shape index (κ3) is 3.05. The summed E-state index contributed by atoms with van der Waals surface area (Å²) in [6.45, 7) is 13.2. The quantitative estimate of drug-likeness (QED) is 0.753. The van der Waals surface area contributed by atoms with Gasteiger partial charge in [-0.05, 0) is 49.3 Å². The average molecular weight is 303 g/mol. The standard InChI is InChI=1S/C17H25NO2Si/c1-12-8-9-13-14(18-12)10-11-15(19-5)16(13)20-21(6,7)17(2,3)4/h8-11H,1-7H3. The van der Waals surface area contributed by atoms with E-state index in [1.807, 2.05) is 25.1 Å². The van der Waals surface area contributed by atoms with Gasteiger partial charge in [-0.25, -0.2) is 0 Å². The van der Waals surface area contributed by atoms with Gasteiger partial charge in [-0.15, -0.1) is 0 Å². The van der Waals surface area contributed by atoms with Crippen LogP contribution < -0.4 is 9.16 Å². The summed E-state index contributed by atoms with van der Waals surface area (Å²) < 4.78 is 12.0. The molecule has 0 aliphatic heterocycles. The molecule has 114 valence electrons. The van der Waals surface area contributed by atoms with Gasteiger partial charge in [0.25, 0.3) is 8.32 Å². The first-order valence-corrected chi connectivity index (χ1v) is 10.2. The van der Waals surface area contributed by atoms with E-state index in [1.165, 1.54) is 0 Å². The van der Waals surface area contributed by atoms with Gasteiger partial charge in [-0.1, -0.05) is 20.8 Å². The van der Waals surface area contributed by atoms with Crippen molar-refractivity contribution in [3.05, 3.63) is 30.0 Å². The van der Waals surface area contributed by atoms with Crippen LogP contribution in [0.15, 0.2) is 24.3 Å². The van der Waals surface area contributed by atoms with Gasteiger partial charge < -0.3 is 9.16 Å². The van der Waals surface area contributed by atoms with Gasteiger partial charge in [0.15, 0.2) is 11.5 Å². The summed E-state index contributed by atoms with van der Waals surface area (Å²) in [7, 11) is -0.250. The van der Waals surface area contributed by atoms with Crippen molar-refractivity contribution in [1.29, 1.82) is 0 Å². The number of hydrogen-bond acceptors (Lipinski definition) is 3. The number of nitrogens with zero attached hydrogens (tertiary/aromatic N) is 1. The Hall–Kier alpha value is -1.55. The number of fused-ring (bicyclic) bond motifs is 1. The highest BCUT2D eigenvalue weighted by atomic mass is 28.4. The van der Waals surface area contributed by atoms with Crippen molar-refractivity contribution >= 4 is 19.2 Å². The molecule has 1 aromatic heterocycles. The molecule has 0 N–H and O–H groups in total. The summed E-state index contributed by atoms with van der Waals surface area (Å²) in [5, 5.41) is 1.16. The number of benzene rings is 1. The van der Waals surface area contributed by atoms with E-state index in [9.17, 15) is 0 Å². The molecule has 0 aliphatic carbocycles. The second kappa shape index (κ2) is 5.33. The molecule has 3 nitrogen and oxygen atoms in total. The average Bonchev–Trinajstić information content (AvgIpc) is 2.37. The van der Waals surface area contributed by atoms with Crippen LogP contribution in [0.3, 0.4) is 0 Å². The van der Waals surface area contributed by atoms with Gasteiger partial charge in [0.2, 0.25) is 0 Å². The van der Waals surface area contributed by atoms with E-state index in [-0.39, 0.29) is 5.04 Å². The highest BCUT2D eigenvalue weighted by Crippen LogP contribution is 2.42. The molecule has 1 heterocycles. The molecule has 1 aromatic carbocycles. The Morgan fingerprint density at radius 1 is 1.05 bits per heavy atom. The second-order valence-corrected chi connectivity index (χ2v) is 11.7. The topological polar surface area (TPSA) is 31.4 Å². The third-order valence-corrected chi connectivity index (χ3v) is 8.64. The van der Waals surface area contributed by atoms with Crippen molar-refractivity contribution in [3.8, 4) is 11.5 Å². The number of aryl methyl sites for hydroxylation is 1. The van der Waals surface area contributed by atoms with Gasteiger partial charge in [0, 0.05) is 11.1 Å². The van der Waals surface area contributed by atoms with E-state index in [4.69, 9.17) is 9.16 Å². The van der Waals surface area contributed by atoms with Crippen molar-refractivity contribution in [2.24, 2.45) is 0 Å². The molecule has 0 saturated carbocycles. The van der Waals surface area contributed by atoms with Crippen LogP contribution in [0.1, 0.15) is 26.5 Å². The van der Waals surface area contributed by atoms with Gasteiger partial charge in [-0.3, -0.25) is 4.98 Å². The predicted octanol–water partition coefficient (Wildman–Crippen LogP) is 4.94. The van der Waals surface area contributed by atoms with E-state index < -0.39 is 8.32 Å².